The molecule has 82 valence electrons. The molecule has 0 saturated carbocycles. The van der Waals surface area contributed by atoms with Gasteiger partial charge in [0.25, 0.3) is 0 Å². The molecule has 1 heterocycles. The maximum atomic E-state index is 6.19. The number of anilines is 2. The van der Waals surface area contributed by atoms with Crippen molar-refractivity contribution in [1.29, 1.82) is 0 Å². The molecule has 0 unspecified atom stereocenters. The minimum atomic E-state index is 0.730. The van der Waals surface area contributed by atoms with Gasteiger partial charge in [0.05, 0.1) is 10.7 Å². The molecular weight excluding hydrogens is 228 g/mol. The SMILES string of the molecule is Nc1ccc(N2CCCSCC2)c(Cl)c1. The second-order valence-electron chi connectivity index (χ2n) is 3.66. The van der Waals surface area contributed by atoms with Crippen LogP contribution >= 0.6 is 23.4 Å². The average molecular weight is 243 g/mol. The van der Waals surface area contributed by atoms with E-state index >= 15 is 0 Å². The molecule has 1 saturated heterocycles. The van der Waals surface area contributed by atoms with Gasteiger partial charge in [-0.2, -0.15) is 11.8 Å². The summed E-state index contributed by atoms with van der Waals surface area (Å²) in [5, 5.41) is 0.766. The first-order valence-electron chi connectivity index (χ1n) is 5.15. The monoisotopic (exact) mass is 242 g/mol. The van der Waals surface area contributed by atoms with E-state index in [4.69, 9.17) is 17.3 Å². The van der Waals surface area contributed by atoms with Crippen LogP contribution < -0.4 is 10.6 Å². The van der Waals surface area contributed by atoms with Gasteiger partial charge < -0.3 is 10.6 Å². The normalized spacial score (nSPS) is 17.5. The molecule has 1 aromatic carbocycles. The van der Waals surface area contributed by atoms with Gasteiger partial charge in [-0.15, -0.1) is 0 Å². The van der Waals surface area contributed by atoms with Crippen molar-refractivity contribution >= 4 is 34.7 Å². The van der Waals surface area contributed by atoms with Crippen LogP contribution in [0.4, 0.5) is 11.4 Å². The van der Waals surface area contributed by atoms with Crippen LogP contribution in [0.3, 0.4) is 0 Å². The molecule has 15 heavy (non-hydrogen) atoms. The van der Waals surface area contributed by atoms with E-state index in [-0.39, 0.29) is 0 Å². The van der Waals surface area contributed by atoms with Crippen LogP contribution in [0.15, 0.2) is 18.2 Å². The fourth-order valence-corrected chi connectivity index (χ4v) is 2.96. The molecule has 1 aliphatic heterocycles. The zero-order valence-electron chi connectivity index (χ0n) is 8.58. The van der Waals surface area contributed by atoms with E-state index in [1.54, 1.807) is 0 Å². The van der Waals surface area contributed by atoms with Gasteiger partial charge >= 0.3 is 0 Å². The first kappa shape index (κ1) is 11.0. The first-order valence-corrected chi connectivity index (χ1v) is 6.68. The van der Waals surface area contributed by atoms with Gasteiger partial charge in [0, 0.05) is 24.5 Å². The summed E-state index contributed by atoms with van der Waals surface area (Å²) in [6.45, 7) is 2.17. The molecule has 0 amide bonds. The van der Waals surface area contributed by atoms with E-state index in [0.717, 1.165) is 29.5 Å². The quantitative estimate of drug-likeness (QED) is 0.768. The van der Waals surface area contributed by atoms with E-state index in [9.17, 15) is 0 Å². The maximum absolute atomic E-state index is 6.19. The van der Waals surface area contributed by atoms with Gasteiger partial charge in [0.1, 0.15) is 0 Å². The van der Waals surface area contributed by atoms with E-state index in [1.165, 1.54) is 17.9 Å². The van der Waals surface area contributed by atoms with E-state index in [0.29, 0.717) is 0 Å². The molecule has 0 radical (unpaired) electrons. The van der Waals surface area contributed by atoms with Crippen LogP contribution in [-0.2, 0) is 0 Å². The Morgan fingerprint density at radius 3 is 2.93 bits per heavy atom. The molecule has 1 aliphatic rings. The fourth-order valence-electron chi connectivity index (χ4n) is 1.77. The minimum absolute atomic E-state index is 0.730. The number of benzene rings is 1. The van der Waals surface area contributed by atoms with Crippen molar-refractivity contribution in [2.24, 2.45) is 0 Å². The number of hydrogen-bond acceptors (Lipinski definition) is 3. The lowest BCUT2D eigenvalue weighted by molar-refractivity contribution is 0.816. The Morgan fingerprint density at radius 2 is 2.13 bits per heavy atom. The third-order valence-electron chi connectivity index (χ3n) is 2.53. The molecule has 1 fully saturated rings. The Bertz CT molecular complexity index is 335. The van der Waals surface area contributed by atoms with Gasteiger partial charge in [-0.05, 0) is 30.4 Å². The smallest absolute Gasteiger partial charge is 0.0660 e. The first-order chi connectivity index (χ1) is 7.27. The topological polar surface area (TPSA) is 29.3 Å². The standard InChI is InChI=1S/C11H15ClN2S/c12-10-8-9(13)2-3-11(10)14-4-1-6-15-7-5-14/h2-3,8H,1,4-7,13H2. The number of nitrogen functional groups attached to an aromatic ring is 1. The summed E-state index contributed by atoms with van der Waals surface area (Å²) in [6.07, 6.45) is 1.23. The van der Waals surface area contributed by atoms with Gasteiger partial charge in [-0.3, -0.25) is 0 Å². The summed E-state index contributed by atoms with van der Waals surface area (Å²) in [7, 11) is 0. The van der Waals surface area contributed by atoms with Crippen LogP contribution in [-0.4, -0.2) is 24.6 Å². The van der Waals surface area contributed by atoms with Crippen LogP contribution in [0.2, 0.25) is 5.02 Å². The Morgan fingerprint density at radius 1 is 1.27 bits per heavy atom. The summed E-state index contributed by atoms with van der Waals surface area (Å²) in [5.41, 5.74) is 7.53. The second kappa shape index (κ2) is 4.99. The molecule has 2 N–H and O–H groups in total. The molecule has 0 bridgehead atoms. The highest BCUT2D eigenvalue weighted by Crippen LogP contribution is 2.29. The molecule has 0 atom stereocenters. The zero-order valence-corrected chi connectivity index (χ0v) is 10.2. The summed E-state index contributed by atoms with van der Waals surface area (Å²) in [6, 6.07) is 5.77. The van der Waals surface area contributed by atoms with Crippen LogP contribution in [0.25, 0.3) is 0 Å². The van der Waals surface area contributed by atoms with Crippen molar-refractivity contribution in [3.8, 4) is 0 Å². The fraction of sp³-hybridized carbons (Fsp3) is 0.455. The van der Waals surface area contributed by atoms with Crippen molar-refractivity contribution in [3.05, 3.63) is 23.2 Å². The van der Waals surface area contributed by atoms with Gasteiger partial charge in [0.2, 0.25) is 0 Å². The Kier molecular flexibility index (Phi) is 3.65. The van der Waals surface area contributed by atoms with Crippen LogP contribution in [0.5, 0.6) is 0 Å². The van der Waals surface area contributed by atoms with E-state index in [1.807, 2.05) is 30.0 Å². The molecule has 2 rings (SSSR count). The summed E-state index contributed by atoms with van der Waals surface area (Å²) in [4.78, 5) is 2.35. The highest BCUT2D eigenvalue weighted by atomic mass is 35.5. The van der Waals surface area contributed by atoms with E-state index < -0.39 is 0 Å². The lowest BCUT2D eigenvalue weighted by atomic mass is 10.2. The maximum Gasteiger partial charge on any atom is 0.0660 e. The highest BCUT2D eigenvalue weighted by Gasteiger charge is 2.12. The largest absolute Gasteiger partial charge is 0.399 e. The number of rotatable bonds is 1. The summed E-state index contributed by atoms with van der Waals surface area (Å²) < 4.78 is 0. The Hall–Kier alpha value is -0.540. The van der Waals surface area contributed by atoms with Crippen molar-refractivity contribution in [3.63, 3.8) is 0 Å². The predicted molar refractivity (Wildman–Crippen MR) is 70.0 cm³/mol. The van der Waals surface area contributed by atoms with Gasteiger partial charge in [0.15, 0.2) is 0 Å². The highest BCUT2D eigenvalue weighted by molar-refractivity contribution is 7.99. The Balaban J connectivity index is 2.19. The molecule has 1 aromatic rings. The zero-order chi connectivity index (χ0) is 10.7. The van der Waals surface area contributed by atoms with Crippen LogP contribution in [0.1, 0.15) is 6.42 Å². The average Bonchev–Trinajstić information content (AvgIpc) is 2.46. The molecule has 0 aliphatic carbocycles. The molecule has 0 spiro atoms. The molecule has 4 heteroatoms. The van der Waals surface area contributed by atoms with Crippen molar-refractivity contribution in [2.45, 2.75) is 6.42 Å². The third-order valence-corrected chi connectivity index (χ3v) is 3.89. The third kappa shape index (κ3) is 2.73. The van der Waals surface area contributed by atoms with Crippen LogP contribution in [0, 0.1) is 0 Å². The number of hydrogen-bond donors (Lipinski definition) is 1. The van der Waals surface area contributed by atoms with Crippen molar-refractivity contribution < 1.29 is 0 Å². The summed E-state index contributed by atoms with van der Waals surface area (Å²) >= 11 is 8.20. The predicted octanol–water partition coefficient (Wildman–Crippen LogP) is 2.87. The number of nitrogens with zero attached hydrogens (tertiary/aromatic N) is 1. The summed E-state index contributed by atoms with van der Waals surface area (Å²) in [5.74, 6) is 2.43. The van der Waals surface area contributed by atoms with Crippen molar-refractivity contribution in [1.82, 2.24) is 0 Å². The van der Waals surface area contributed by atoms with Gasteiger partial charge in [-0.25, -0.2) is 0 Å². The second-order valence-corrected chi connectivity index (χ2v) is 5.30. The number of halogens is 1. The number of nitrogens with two attached hydrogens (primary N) is 1. The minimum Gasteiger partial charge on any atom is -0.399 e. The lowest BCUT2D eigenvalue weighted by Crippen LogP contribution is -2.25. The lowest BCUT2D eigenvalue weighted by Gasteiger charge is -2.23. The molecule has 2 nitrogen and oxygen atoms in total. The number of thioether (sulfide) groups is 1. The Labute approximate surface area is 99.8 Å². The van der Waals surface area contributed by atoms with Crippen molar-refractivity contribution in [2.75, 3.05) is 35.2 Å². The molecular formula is C11H15ClN2S. The van der Waals surface area contributed by atoms with E-state index in [2.05, 4.69) is 4.90 Å². The van der Waals surface area contributed by atoms with Gasteiger partial charge in [-0.1, -0.05) is 11.6 Å². The molecule has 0 aromatic heterocycles.